The highest BCUT2D eigenvalue weighted by molar-refractivity contribution is 6.30. The average molecular weight is 428 g/mol. The zero-order valence-corrected chi connectivity index (χ0v) is 17.2. The maximum absolute atomic E-state index is 14.1. The Kier molecular flexibility index (Phi) is 6.35. The van der Waals surface area contributed by atoms with E-state index in [0.717, 1.165) is 18.8 Å². The standard InChI is InChI=1S/C23H23ClFN3O2/c24-18-9-7-17(8-10-18)23(29)26-16-21(22-6-3-15-30-22)28-13-11-27(12-14-28)20-5-2-1-4-19(20)25/h1-10,15,21H,11-14,16H2,(H,26,29). The van der Waals surface area contributed by atoms with Crippen LogP contribution in [0.1, 0.15) is 22.2 Å². The quantitative estimate of drug-likeness (QED) is 0.634. The van der Waals surface area contributed by atoms with Crippen LogP contribution >= 0.6 is 11.6 Å². The summed E-state index contributed by atoms with van der Waals surface area (Å²) in [5.41, 5.74) is 1.18. The molecule has 1 atom stereocenters. The second kappa shape index (κ2) is 9.32. The summed E-state index contributed by atoms with van der Waals surface area (Å²) in [4.78, 5) is 16.8. The van der Waals surface area contributed by atoms with Crippen molar-refractivity contribution in [2.24, 2.45) is 0 Å². The molecule has 0 bridgehead atoms. The van der Waals surface area contributed by atoms with Crippen LogP contribution in [0.5, 0.6) is 0 Å². The van der Waals surface area contributed by atoms with Crippen LogP contribution in [0.4, 0.5) is 10.1 Å². The zero-order valence-electron chi connectivity index (χ0n) is 16.4. The van der Waals surface area contributed by atoms with E-state index in [9.17, 15) is 9.18 Å². The van der Waals surface area contributed by atoms with Gasteiger partial charge in [0, 0.05) is 43.3 Å². The highest BCUT2D eigenvalue weighted by Crippen LogP contribution is 2.25. The van der Waals surface area contributed by atoms with E-state index in [0.29, 0.717) is 35.9 Å². The lowest BCUT2D eigenvalue weighted by molar-refractivity contribution is 0.0922. The van der Waals surface area contributed by atoms with Crippen LogP contribution in [0, 0.1) is 5.82 Å². The van der Waals surface area contributed by atoms with E-state index in [2.05, 4.69) is 15.1 Å². The van der Waals surface area contributed by atoms with Crippen LogP contribution in [0.15, 0.2) is 71.3 Å². The van der Waals surface area contributed by atoms with Gasteiger partial charge < -0.3 is 14.6 Å². The molecule has 0 spiro atoms. The summed E-state index contributed by atoms with van der Waals surface area (Å²) in [5.74, 6) is 0.433. The van der Waals surface area contributed by atoms with Crippen LogP contribution in [0.3, 0.4) is 0 Å². The molecule has 1 fully saturated rings. The van der Waals surface area contributed by atoms with Gasteiger partial charge in [-0.1, -0.05) is 23.7 Å². The van der Waals surface area contributed by atoms with Gasteiger partial charge in [0.05, 0.1) is 18.0 Å². The van der Waals surface area contributed by atoms with Crippen LogP contribution in [0.25, 0.3) is 0 Å². The highest BCUT2D eigenvalue weighted by atomic mass is 35.5. The number of para-hydroxylation sites is 1. The molecule has 1 aromatic heterocycles. The number of rotatable bonds is 6. The minimum atomic E-state index is -0.205. The number of nitrogens with zero attached hydrogens (tertiary/aromatic N) is 2. The Labute approximate surface area is 180 Å². The molecule has 1 unspecified atom stereocenters. The van der Waals surface area contributed by atoms with E-state index in [-0.39, 0.29) is 17.8 Å². The molecule has 30 heavy (non-hydrogen) atoms. The van der Waals surface area contributed by atoms with Crippen LogP contribution < -0.4 is 10.2 Å². The van der Waals surface area contributed by atoms with Crippen molar-refractivity contribution in [2.45, 2.75) is 6.04 Å². The van der Waals surface area contributed by atoms with E-state index in [1.807, 2.05) is 18.2 Å². The predicted octanol–water partition coefficient (Wildman–Crippen LogP) is 4.37. The van der Waals surface area contributed by atoms with Crippen LogP contribution in [-0.4, -0.2) is 43.5 Å². The fourth-order valence-corrected chi connectivity index (χ4v) is 3.89. The van der Waals surface area contributed by atoms with E-state index in [1.54, 1.807) is 42.7 Å². The van der Waals surface area contributed by atoms with Crippen molar-refractivity contribution < 1.29 is 13.6 Å². The average Bonchev–Trinajstić information content (AvgIpc) is 3.30. The Morgan fingerprint density at radius 1 is 1.03 bits per heavy atom. The Hall–Kier alpha value is -2.83. The van der Waals surface area contributed by atoms with Crippen molar-refractivity contribution in [1.82, 2.24) is 10.2 Å². The molecule has 156 valence electrons. The lowest BCUT2D eigenvalue weighted by Gasteiger charge is -2.39. The number of benzene rings is 2. The molecule has 4 rings (SSSR count). The summed E-state index contributed by atoms with van der Waals surface area (Å²) in [5, 5.41) is 3.59. The van der Waals surface area contributed by atoms with Gasteiger partial charge in [0.25, 0.3) is 5.91 Å². The molecule has 1 saturated heterocycles. The fourth-order valence-electron chi connectivity index (χ4n) is 3.77. The van der Waals surface area contributed by atoms with Gasteiger partial charge in [0.15, 0.2) is 0 Å². The Morgan fingerprint density at radius 2 is 1.77 bits per heavy atom. The van der Waals surface area contributed by atoms with Gasteiger partial charge in [-0.05, 0) is 48.5 Å². The van der Waals surface area contributed by atoms with Crippen molar-refractivity contribution in [3.63, 3.8) is 0 Å². The third kappa shape index (κ3) is 4.66. The molecule has 1 aliphatic rings. The van der Waals surface area contributed by atoms with Gasteiger partial charge in [-0.25, -0.2) is 4.39 Å². The second-order valence-corrected chi connectivity index (χ2v) is 7.66. The molecule has 7 heteroatoms. The number of carbonyl (C=O) groups is 1. The first-order chi connectivity index (χ1) is 14.6. The first-order valence-corrected chi connectivity index (χ1v) is 10.3. The van der Waals surface area contributed by atoms with Crippen LogP contribution in [0.2, 0.25) is 5.02 Å². The molecule has 0 radical (unpaired) electrons. The van der Waals surface area contributed by atoms with E-state index in [4.69, 9.17) is 16.0 Å². The number of amides is 1. The van der Waals surface area contributed by atoms with Crippen molar-refractivity contribution in [1.29, 1.82) is 0 Å². The molecule has 0 saturated carbocycles. The number of furan rings is 1. The number of halogens is 2. The molecule has 3 aromatic rings. The zero-order chi connectivity index (χ0) is 20.9. The van der Waals surface area contributed by atoms with Gasteiger partial charge in [0.2, 0.25) is 0 Å². The maximum atomic E-state index is 14.1. The minimum Gasteiger partial charge on any atom is -0.468 e. The molecule has 5 nitrogen and oxygen atoms in total. The summed E-state index contributed by atoms with van der Waals surface area (Å²) in [7, 11) is 0. The number of carbonyl (C=O) groups excluding carboxylic acids is 1. The third-order valence-corrected chi connectivity index (χ3v) is 5.63. The van der Waals surface area contributed by atoms with Gasteiger partial charge in [0.1, 0.15) is 11.6 Å². The van der Waals surface area contributed by atoms with Crippen molar-refractivity contribution in [3.8, 4) is 0 Å². The molecule has 1 amide bonds. The number of piperazine rings is 1. The van der Waals surface area contributed by atoms with Gasteiger partial charge in [-0.2, -0.15) is 0 Å². The minimum absolute atomic E-state index is 0.0981. The molecule has 2 aromatic carbocycles. The van der Waals surface area contributed by atoms with Gasteiger partial charge >= 0.3 is 0 Å². The second-order valence-electron chi connectivity index (χ2n) is 7.22. The number of hydrogen-bond acceptors (Lipinski definition) is 4. The summed E-state index contributed by atoms with van der Waals surface area (Å²) in [6.45, 7) is 3.27. The fraction of sp³-hybridized carbons (Fsp3) is 0.261. The van der Waals surface area contributed by atoms with Crippen molar-refractivity contribution in [2.75, 3.05) is 37.6 Å². The number of anilines is 1. The maximum Gasteiger partial charge on any atom is 0.251 e. The first kappa shape index (κ1) is 20.4. The topological polar surface area (TPSA) is 48.7 Å². The summed E-state index contributed by atoms with van der Waals surface area (Å²) < 4.78 is 19.8. The van der Waals surface area contributed by atoms with Crippen LogP contribution in [-0.2, 0) is 0 Å². The molecular weight excluding hydrogens is 405 g/mol. The summed E-state index contributed by atoms with van der Waals surface area (Å²) in [6.07, 6.45) is 1.64. The monoisotopic (exact) mass is 427 g/mol. The summed E-state index contributed by atoms with van der Waals surface area (Å²) in [6, 6.07) is 17.3. The number of hydrogen-bond donors (Lipinski definition) is 1. The van der Waals surface area contributed by atoms with E-state index in [1.165, 1.54) is 6.07 Å². The Morgan fingerprint density at radius 3 is 2.43 bits per heavy atom. The Balaban J connectivity index is 1.41. The molecular formula is C23H23ClFN3O2. The third-order valence-electron chi connectivity index (χ3n) is 5.38. The van der Waals surface area contributed by atoms with Crippen molar-refractivity contribution in [3.05, 3.63) is 89.1 Å². The smallest absolute Gasteiger partial charge is 0.251 e. The predicted molar refractivity (Wildman–Crippen MR) is 115 cm³/mol. The lowest BCUT2D eigenvalue weighted by atomic mass is 10.1. The molecule has 1 aliphatic heterocycles. The largest absolute Gasteiger partial charge is 0.468 e. The Bertz CT molecular complexity index is 970. The SMILES string of the molecule is O=C(NCC(c1ccco1)N1CCN(c2ccccc2F)CC1)c1ccc(Cl)cc1. The lowest BCUT2D eigenvalue weighted by Crippen LogP contribution is -2.50. The normalized spacial score (nSPS) is 15.7. The van der Waals surface area contributed by atoms with Crippen molar-refractivity contribution >= 4 is 23.2 Å². The van der Waals surface area contributed by atoms with Gasteiger partial charge in [-0.15, -0.1) is 0 Å². The first-order valence-electron chi connectivity index (χ1n) is 9.92. The molecule has 2 heterocycles. The van der Waals surface area contributed by atoms with E-state index < -0.39 is 0 Å². The van der Waals surface area contributed by atoms with Gasteiger partial charge in [-0.3, -0.25) is 9.69 Å². The highest BCUT2D eigenvalue weighted by Gasteiger charge is 2.28. The number of nitrogens with one attached hydrogen (secondary N) is 1. The van der Waals surface area contributed by atoms with E-state index >= 15 is 0 Å². The molecule has 1 N–H and O–H groups in total. The molecule has 0 aliphatic carbocycles. The summed E-state index contributed by atoms with van der Waals surface area (Å²) >= 11 is 5.90.